The van der Waals surface area contributed by atoms with Gasteiger partial charge in [-0.15, -0.1) is 0 Å². The summed E-state index contributed by atoms with van der Waals surface area (Å²) in [5, 5.41) is 2.77. The highest BCUT2D eigenvalue weighted by atomic mass is 16.6. The van der Waals surface area contributed by atoms with Gasteiger partial charge >= 0.3 is 6.09 Å². The van der Waals surface area contributed by atoms with E-state index in [2.05, 4.69) is 29.0 Å². The van der Waals surface area contributed by atoms with Crippen molar-refractivity contribution in [3.63, 3.8) is 0 Å². The molecule has 1 N–H and O–H groups in total. The van der Waals surface area contributed by atoms with Crippen molar-refractivity contribution >= 4 is 11.8 Å². The van der Waals surface area contributed by atoms with E-state index in [1.54, 1.807) is 6.07 Å². The zero-order valence-electron chi connectivity index (χ0n) is 17.3. The number of carbonyl (C=O) groups excluding carboxylic acids is 1. The van der Waals surface area contributed by atoms with E-state index in [1.807, 2.05) is 93.6 Å². The van der Waals surface area contributed by atoms with Gasteiger partial charge in [-0.25, -0.2) is 4.79 Å². The summed E-state index contributed by atoms with van der Waals surface area (Å²) in [5.41, 5.74) is 3.37. The highest BCUT2D eigenvalue weighted by Gasteiger charge is 2.16. The van der Waals surface area contributed by atoms with Crippen molar-refractivity contribution < 1.29 is 9.53 Å². The first kappa shape index (κ1) is 20.8. The van der Waals surface area contributed by atoms with E-state index in [0.717, 1.165) is 16.7 Å². The Kier molecular flexibility index (Phi) is 6.58. The molecule has 0 aliphatic carbocycles. The molecule has 0 fully saturated rings. The van der Waals surface area contributed by atoms with Crippen LogP contribution in [-0.2, 0) is 4.74 Å². The number of hydrogen-bond acceptors (Lipinski definition) is 2. The molecule has 0 saturated heterocycles. The predicted octanol–water partition coefficient (Wildman–Crippen LogP) is 5.83. The summed E-state index contributed by atoms with van der Waals surface area (Å²) < 4.78 is 5.34. The van der Waals surface area contributed by atoms with Gasteiger partial charge in [0.15, 0.2) is 0 Å². The van der Waals surface area contributed by atoms with E-state index in [1.165, 1.54) is 0 Å². The van der Waals surface area contributed by atoms with Crippen LogP contribution in [0.25, 0.3) is 0 Å². The fourth-order valence-electron chi connectivity index (χ4n) is 2.61. The summed E-state index contributed by atoms with van der Waals surface area (Å²) in [6.45, 7) is 5.48. The maximum absolute atomic E-state index is 12.1. The van der Waals surface area contributed by atoms with Crippen molar-refractivity contribution in [3.05, 3.63) is 101 Å². The van der Waals surface area contributed by atoms with Crippen LogP contribution < -0.4 is 5.32 Å². The van der Waals surface area contributed by atoms with Crippen molar-refractivity contribution in [1.29, 1.82) is 0 Å². The topological polar surface area (TPSA) is 38.3 Å². The normalized spacial score (nSPS) is 10.1. The zero-order chi connectivity index (χ0) is 21.4. The lowest BCUT2D eigenvalue weighted by atomic mass is 10.1. The number of nitrogens with one attached hydrogen (secondary N) is 1. The number of hydrogen-bond donors (Lipinski definition) is 1. The summed E-state index contributed by atoms with van der Waals surface area (Å²) in [5.74, 6) is 12.7. The highest BCUT2D eigenvalue weighted by molar-refractivity contribution is 5.87. The molecule has 3 nitrogen and oxygen atoms in total. The lowest BCUT2D eigenvalue weighted by molar-refractivity contribution is 0.0636. The van der Waals surface area contributed by atoms with Crippen LogP contribution in [0.3, 0.4) is 0 Å². The van der Waals surface area contributed by atoms with Crippen LogP contribution in [0.5, 0.6) is 0 Å². The summed E-state index contributed by atoms with van der Waals surface area (Å²) in [6, 6.07) is 25.0. The fourth-order valence-corrected chi connectivity index (χ4v) is 2.61. The summed E-state index contributed by atoms with van der Waals surface area (Å²) in [6.07, 6.45) is -0.508. The Morgan fingerprint density at radius 3 is 1.83 bits per heavy atom. The number of rotatable bonds is 1. The Bertz CT molecular complexity index is 1150. The Labute approximate surface area is 178 Å². The monoisotopic (exact) mass is 393 g/mol. The van der Waals surface area contributed by atoms with E-state index in [-0.39, 0.29) is 0 Å². The summed E-state index contributed by atoms with van der Waals surface area (Å²) in [4.78, 5) is 12.1. The lowest BCUT2D eigenvalue weighted by Crippen LogP contribution is -2.27. The van der Waals surface area contributed by atoms with Crippen LogP contribution in [0.1, 0.15) is 43.0 Å². The Balaban J connectivity index is 1.86. The molecular formula is C27H23NO2. The summed E-state index contributed by atoms with van der Waals surface area (Å²) >= 11 is 0. The third-order valence-electron chi connectivity index (χ3n) is 3.94. The van der Waals surface area contributed by atoms with Gasteiger partial charge in [-0.2, -0.15) is 0 Å². The van der Waals surface area contributed by atoms with E-state index >= 15 is 0 Å². The molecule has 3 heteroatoms. The second kappa shape index (κ2) is 9.50. The molecule has 0 unspecified atom stereocenters. The van der Waals surface area contributed by atoms with E-state index in [0.29, 0.717) is 11.3 Å². The largest absolute Gasteiger partial charge is 0.444 e. The van der Waals surface area contributed by atoms with Gasteiger partial charge < -0.3 is 4.74 Å². The van der Waals surface area contributed by atoms with Crippen LogP contribution in [0.2, 0.25) is 0 Å². The van der Waals surface area contributed by atoms with Gasteiger partial charge in [0.05, 0.1) is 5.69 Å². The summed E-state index contributed by atoms with van der Waals surface area (Å²) in [7, 11) is 0. The van der Waals surface area contributed by atoms with Crippen molar-refractivity contribution in [1.82, 2.24) is 0 Å². The number of para-hydroxylation sites is 1. The fraction of sp³-hybridized carbons (Fsp3) is 0.148. The van der Waals surface area contributed by atoms with Crippen LogP contribution >= 0.6 is 0 Å². The average molecular weight is 393 g/mol. The molecule has 3 aromatic rings. The van der Waals surface area contributed by atoms with E-state index < -0.39 is 11.7 Å². The van der Waals surface area contributed by atoms with E-state index in [9.17, 15) is 4.79 Å². The van der Waals surface area contributed by atoms with Gasteiger partial charge in [-0.1, -0.05) is 66.1 Å². The molecular weight excluding hydrogens is 370 g/mol. The van der Waals surface area contributed by atoms with Gasteiger partial charge in [0.25, 0.3) is 0 Å². The molecule has 3 aromatic carbocycles. The third kappa shape index (κ3) is 6.30. The molecule has 0 aliphatic heterocycles. The number of carbonyl (C=O) groups is 1. The van der Waals surface area contributed by atoms with Crippen LogP contribution in [0.15, 0.2) is 78.9 Å². The minimum Gasteiger partial charge on any atom is -0.444 e. The smallest absolute Gasteiger partial charge is 0.412 e. The van der Waals surface area contributed by atoms with Crippen LogP contribution in [0.4, 0.5) is 10.5 Å². The minimum atomic E-state index is -0.568. The molecule has 0 bridgehead atoms. The van der Waals surface area contributed by atoms with Gasteiger partial charge in [0.2, 0.25) is 0 Å². The Hall–Kier alpha value is -3.95. The SMILES string of the molecule is CC(C)(C)OC(=O)Nc1ccccc1C#Cc1ccccc1C#Cc1ccccc1. The standard InChI is InChI=1S/C27H23NO2/c1-27(2,3)30-26(29)28-25-16-10-9-15-24(25)20-19-23-14-8-7-13-22(23)18-17-21-11-5-4-6-12-21/h4-16H,1-3H3,(H,28,29). The first-order chi connectivity index (χ1) is 14.4. The Morgan fingerprint density at radius 2 is 1.20 bits per heavy atom. The number of ether oxygens (including phenoxy) is 1. The minimum absolute atomic E-state index is 0.508. The molecule has 0 spiro atoms. The molecule has 1 amide bonds. The van der Waals surface area contributed by atoms with E-state index in [4.69, 9.17) is 4.74 Å². The molecule has 0 heterocycles. The third-order valence-corrected chi connectivity index (χ3v) is 3.94. The lowest BCUT2D eigenvalue weighted by Gasteiger charge is -2.20. The maximum Gasteiger partial charge on any atom is 0.412 e. The Morgan fingerprint density at radius 1 is 0.700 bits per heavy atom. The van der Waals surface area contributed by atoms with Crippen molar-refractivity contribution in [2.45, 2.75) is 26.4 Å². The molecule has 0 aliphatic rings. The second-order valence-corrected chi connectivity index (χ2v) is 7.58. The predicted molar refractivity (Wildman–Crippen MR) is 121 cm³/mol. The number of anilines is 1. The molecule has 0 saturated carbocycles. The van der Waals surface area contributed by atoms with Gasteiger partial charge in [-0.05, 0) is 57.2 Å². The first-order valence-corrected chi connectivity index (χ1v) is 9.68. The zero-order valence-corrected chi connectivity index (χ0v) is 17.3. The molecule has 3 rings (SSSR count). The molecule has 148 valence electrons. The highest BCUT2D eigenvalue weighted by Crippen LogP contribution is 2.16. The second-order valence-electron chi connectivity index (χ2n) is 7.58. The molecule has 0 radical (unpaired) electrons. The molecule has 0 atom stereocenters. The quantitative estimate of drug-likeness (QED) is 0.528. The number of benzene rings is 3. The first-order valence-electron chi connectivity index (χ1n) is 9.68. The van der Waals surface area contributed by atoms with Crippen LogP contribution in [0, 0.1) is 23.7 Å². The molecule has 30 heavy (non-hydrogen) atoms. The number of amides is 1. The van der Waals surface area contributed by atoms with Crippen LogP contribution in [-0.4, -0.2) is 11.7 Å². The van der Waals surface area contributed by atoms with Crippen molar-refractivity contribution in [2.75, 3.05) is 5.32 Å². The average Bonchev–Trinajstić information content (AvgIpc) is 2.71. The van der Waals surface area contributed by atoms with Crippen molar-refractivity contribution in [2.24, 2.45) is 0 Å². The maximum atomic E-state index is 12.1. The van der Waals surface area contributed by atoms with Gasteiger partial charge in [0.1, 0.15) is 5.60 Å². The van der Waals surface area contributed by atoms with Gasteiger partial charge in [0, 0.05) is 22.3 Å². The molecule has 0 aromatic heterocycles. The van der Waals surface area contributed by atoms with Crippen molar-refractivity contribution in [3.8, 4) is 23.7 Å². The van der Waals surface area contributed by atoms with Gasteiger partial charge in [-0.3, -0.25) is 5.32 Å².